The molecular weight excluding hydrogens is 402 g/mol. The van der Waals surface area contributed by atoms with Gasteiger partial charge in [-0.05, 0) is 67.6 Å². The minimum absolute atomic E-state index is 0.0386. The average molecular weight is 438 g/mol. The Morgan fingerprint density at radius 3 is 2.97 bits per heavy atom. The van der Waals surface area contributed by atoms with Crippen LogP contribution in [0, 0.1) is 17.3 Å². The SMILES string of the molecule is CCC1CC2CCCC(CC(=O)Nc3cccn4nc(C(=O)N5CCC(N)C5)cc34)(C1)C2. The maximum absolute atomic E-state index is 13.2. The van der Waals surface area contributed by atoms with Crippen molar-refractivity contribution < 1.29 is 9.59 Å². The summed E-state index contributed by atoms with van der Waals surface area (Å²) in [6, 6.07) is 5.58. The van der Waals surface area contributed by atoms with Crippen molar-refractivity contribution in [3.05, 3.63) is 30.1 Å². The number of nitrogens with two attached hydrogens (primary N) is 1. The van der Waals surface area contributed by atoms with E-state index in [1.165, 1.54) is 44.9 Å². The highest BCUT2D eigenvalue weighted by Crippen LogP contribution is 2.53. The summed E-state index contributed by atoms with van der Waals surface area (Å²) >= 11 is 0. The molecular formula is C25H35N5O2. The summed E-state index contributed by atoms with van der Waals surface area (Å²) in [6.45, 7) is 3.52. The van der Waals surface area contributed by atoms with Crippen molar-refractivity contribution in [2.24, 2.45) is 23.0 Å². The summed E-state index contributed by atoms with van der Waals surface area (Å²) in [4.78, 5) is 27.8. The van der Waals surface area contributed by atoms with Crippen molar-refractivity contribution in [1.82, 2.24) is 14.5 Å². The first-order valence-corrected chi connectivity index (χ1v) is 12.3. The Labute approximate surface area is 189 Å². The predicted molar refractivity (Wildman–Crippen MR) is 124 cm³/mol. The van der Waals surface area contributed by atoms with E-state index in [0.717, 1.165) is 23.8 Å². The average Bonchev–Trinajstić information content (AvgIpc) is 3.39. The first-order valence-electron chi connectivity index (χ1n) is 12.3. The van der Waals surface area contributed by atoms with Gasteiger partial charge < -0.3 is 16.0 Å². The standard InChI is InChI=1S/C25H35N5O2/c1-2-17-11-18-5-3-8-25(13-17,14-18)15-23(31)27-20-6-4-9-30-22(20)12-21(28-30)24(32)29-10-7-19(26)16-29/h4,6,9,12,17-19H,2-3,5,7-8,10-11,13-16,26H2,1H3,(H,27,31). The fraction of sp³-hybridized carbons (Fsp3) is 0.640. The number of aromatic nitrogens is 2. The Bertz CT molecular complexity index is 1020. The Hall–Kier alpha value is -2.41. The number of nitrogens with zero attached hydrogens (tertiary/aromatic N) is 3. The van der Waals surface area contributed by atoms with E-state index in [1.807, 2.05) is 18.3 Å². The third kappa shape index (κ3) is 4.15. The van der Waals surface area contributed by atoms with Crippen LogP contribution in [0.25, 0.3) is 5.52 Å². The molecule has 2 amide bonds. The van der Waals surface area contributed by atoms with Crippen molar-refractivity contribution >= 4 is 23.0 Å². The van der Waals surface area contributed by atoms with Gasteiger partial charge in [-0.3, -0.25) is 9.59 Å². The molecule has 4 unspecified atom stereocenters. The van der Waals surface area contributed by atoms with Crippen LogP contribution in [0.2, 0.25) is 0 Å². The van der Waals surface area contributed by atoms with Crippen LogP contribution in [0.4, 0.5) is 5.69 Å². The lowest BCUT2D eigenvalue weighted by Crippen LogP contribution is -2.39. The molecule has 2 aromatic heterocycles. The van der Waals surface area contributed by atoms with Gasteiger partial charge in [0.05, 0.1) is 11.2 Å². The third-order valence-corrected chi connectivity index (χ3v) is 8.05. The minimum Gasteiger partial charge on any atom is -0.336 e. The Kier molecular flexibility index (Phi) is 5.70. The maximum Gasteiger partial charge on any atom is 0.274 e. The van der Waals surface area contributed by atoms with E-state index in [-0.39, 0.29) is 23.3 Å². The highest BCUT2D eigenvalue weighted by Gasteiger charge is 2.43. The second kappa shape index (κ2) is 8.50. The topological polar surface area (TPSA) is 92.7 Å². The van der Waals surface area contributed by atoms with E-state index >= 15 is 0 Å². The number of pyridine rings is 1. The van der Waals surface area contributed by atoms with Crippen LogP contribution in [0.1, 0.15) is 75.2 Å². The normalized spacial score (nSPS) is 29.9. The van der Waals surface area contributed by atoms with Crippen molar-refractivity contribution in [3.63, 3.8) is 0 Å². The highest BCUT2D eigenvalue weighted by molar-refractivity contribution is 5.98. The van der Waals surface area contributed by atoms with Gasteiger partial charge in [-0.25, -0.2) is 4.52 Å². The molecule has 1 aliphatic heterocycles. The van der Waals surface area contributed by atoms with Crippen molar-refractivity contribution in [2.45, 2.75) is 70.8 Å². The van der Waals surface area contributed by atoms with Crippen LogP contribution < -0.4 is 11.1 Å². The van der Waals surface area contributed by atoms with Gasteiger partial charge in [0, 0.05) is 31.7 Å². The molecule has 3 heterocycles. The lowest BCUT2D eigenvalue weighted by molar-refractivity contribution is -0.120. The highest BCUT2D eigenvalue weighted by atomic mass is 16.2. The number of hydrogen-bond donors (Lipinski definition) is 2. The number of fused-ring (bicyclic) bond motifs is 3. The predicted octanol–water partition coefficient (Wildman–Crippen LogP) is 3.83. The summed E-state index contributed by atoms with van der Waals surface area (Å²) < 4.78 is 1.68. The van der Waals surface area contributed by atoms with E-state index in [0.29, 0.717) is 30.9 Å². The Balaban J connectivity index is 1.32. The zero-order valence-electron chi connectivity index (χ0n) is 19.1. The van der Waals surface area contributed by atoms with Crippen LogP contribution in [0.3, 0.4) is 0 Å². The molecule has 32 heavy (non-hydrogen) atoms. The lowest BCUT2D eigenvalue weighted by Gasteiger charge is -2.48. The van der Waals surface area contributed by atoms with Crippen LogP contribution in [-0.4, -0.2) is 45.5 Å². The first kappa shape index (κ1) is 21.4. The molecule has 4 atom stereocenters. The van der Waals surface area contributed by atoms with Gasteiger partial charge in [-0.1, -0.05) is 26.2 Å². The third-order valence-electron chi connectivity index (χ3n) is 8.05. The van der Waals surface area contributed by atoms with Gasteiger partial charge >= 0.3 is 0 Å². The van der Waals surface area contributed by atoms with E-state index in [4.69, 9.17) is 5.73 Å². The number of carbonyl (C=O) groups is 2. The van der Waals surface area contributed by atoms with Crippen LogP contribution >= 0.6 is 0 Å². The van der Waals surface area contributed by atoms with Gasteiger partial charge in [0.15, 0.2) is 5.69 Å². The van der Waals surface area contributed by atoms with Gasteiger partial charge in [-0.2, -0.15) is 5.10 Å². The lowest BCUT2D eigenvalue weighted by atomic mass is 9.57. The number of rotatable bonds is 5. The molecule has 5 rings (SSSR count). The molecule has 172 valence electrons. The van der Waals surface area contributed by atoms with Gasteiger partial charge in [0.2, 0.25) is 5.91 Å². The van der Waals surface area contributed by atoms with Crippen LogP contribution in [0.15, 0.2) is 24.4 Å². The van der Waals surface area contributed by atoms with Crippen molar-refractivity contribution in [3.8, 4) is 0 Å². The molecule has 3 aliphatic rings. The molecule has 7 heteroatoms. The number of likely N-dealkylation sites (tertiary alicyclic amines) is 1. The second-order valence-electron chi connectivity index (χ2n) is 10.5. The number of nitrogens with one attached hydrogen (secondary N) is 1. The molecule has 2 bridgehead atoms. The van der Waals surface area contributed by atoms with Crippen molar-refractivity contribution in [1.29, 1.82) is 0 Å². The quantitative estimate of drug-likeness (QED) is 0.743. The molecule has 0 radical (unpaired) electrons. The monoisotopic (exact) mass is 437 g/mol. The molecule has 7 nitrogen and oxygen atoms in total. The minimum atomic E-state index is -0.0983. The van der Waals surface area contributed by atoms with E-state index in [9.17, 15) is 9.59 Å². The molecule has 3 N–H and O–H groups in total. The summed E-state index contributed by atoms with van der Waals surface area (Å²) in [5, 5.41) is 7.62. The molecule has 0 aromatic carbocycles. The number of amides is 2. The van der Waals surface area contributed by atoms with E-state index in [1.54, 1.807) is 15.5 Å². The van der Waals surface area contributed by atoms with Gasteiger partial charge in [0.1, 0.15) is 0 Å². The zero-order chi connectivity index (χ0) is 22.3. The summed E-state index contributed by atoms with van der Waals surface area (Å²) in [6.07, 6.45) is 11.9. The van der Waals surface area contributed by atoms with Crippen LogP contribution in [0.5, 0.6) is 0 Å². The van der Waals surface area contributed by atoms with Gasteiger partial charge in [0.25, 0.3) is 5.91 Å². The molecule has 2 aliphatic carbocycles. The fourth-order valence-electron chi connectivity index (χ4n) is 6.57. The van der Waals surface area contributed by atoms with Crippen LogP contribution in [-0.2, 0) is 4.79 Å². The smallest absolute Gasteiger partial charge is 0.274 e. The fourth-order valence-corrected chi connectivity index (χ4v) is 6.57. The van der Waals surface area contributed by atoms with E-state index < -0.39 is 0 Å². The number of anilines is 1. The largest absolute Gasteiger partial charge is 0.336 e. The molecule has 1 saturated heterocycles. The molecule has 2 saturated carbocycles. The maximum atomic E-state index is 13.2. The van der Waals surface area contributed by atoms with E-state index in [2.05, 4.69) is 17.3 Å². The molecule has 3 fully saturated rings. The Morgan fingerprint density at radius 1 is 1.31 bits per heavy atom. The summed E-state index contributed by atoms with van der Waals surface area (Å²) in [7, 11) is 0. The number of hydrogen-bond acceptors (Lipinski definition) is 4. The molecule has 0 spiro atoms. The first-order chi connectivity index (χ1) is 15.4. The summed E-state index contributed by atoms with van der Waals surface area (Å²) in [5.74, 6) is 1.53. The Morgan fingerprint density at radius 2 is 2.19 bits per heavy atom. The molecule has 2 aromatic rings. The van der Waals surface area contributed by atoms with Crippen molar-refractivity contribution in [2.75, 3.05) is 18.4 Å². The zero-order valence-corrected chi connectivity index (χ0v) is 19.1. The summed E-state index contributed by atoms with van der Waals surface area (Å²) in [5.41, 5.74) is 7.98. The van der Waals surface area contributed by atoms with Gasteiger partial charge in [-0.15, -0.1) is 0 Å². The second-order valence-corrected chi connectivity index (χ2v) is 10.5. The number of carbonyl (C=O) groups excluding carboxylic acids is 2.